The molecule has 3 aromatic carbocycles. The molecule has 3 nitrogen and oxygen atoms in total. The minimum Gasteiger partial charge on any atom is -0.507 e. The quantitative estimate of drug-likeness (QED) is 0.708. The van der Waals surface area contributed by atoms with Crippen molar-refractivity contribution in [1.82, 2.24) is 0 Å². The first-order valence-electron chi connectivity index (χ1n) is 6.39. The fourth-order valence-electron chi connectivity index (χ4n) is 2.41. The van der Waals surface area contributed by atoms with Crippen LogP contribution in [0.2, 0.25) is 0 Å². The standard InChI is InChI=1S/C17H13BrO3/c1-21-12-4-7-15(19)14(9-12)17-13-5-3-11(18)8-10(13)2-6-16(17)20/h2-9,19-20H,1H3. The van der Waals surface area contributed by atoms with E-state index in [4.69, 9.17) is 4.74 Å². The molecule has 21 heavy (non-hydrogen) atoms. The number of fused-ring (bicyclic) bond motifs is 1. The minimum absolute atomic E-state index is 0.0986. The van der Waals surface area contributed by atoms with Crippen molar-refractivity contribution in [3.05, 3.63) is 53.0 Å². The molecule has 0 unspecified atom stereocenters. The van der Waals surface area contributed by atoms with Gasteiger partial charge in [0.25, 0.3) is 0 Å². The van der Waals surface area contributed by atoms with Crippen LogP contribution in [0, 0.1) is 0 Å². The van der Waals surface area contributed by atoms with Crippen LogP contribution in [-0.2, 0) is 0 Å². The van der Waals surface area contributed by atoms with Crippen LogP contribution in [0.25, 0.3) is 21.9 Å². The number of rotatable bonds is 2. The highest BCUT2D eigenvalue weighted by Gasteiger charge is 2.14. The molecular formula is C17H13BrO3. The van der Waals surface area contributed by atoms with Crippen molar-refractivity contribution in [3.8, 4) is 28.4 Å². The summed E-state index contributed by atoms with van der Waals surface area (Å²) < 4.78 is 6.16. The summed E-state index contributed by atoms with van der Waals surface area (Å²) >= 11 is 3.44. The van der Waals surface area contributed by atoms with Gasteiger partial charge in [-0.2, -0.15) is 0 Å². The molecule has 0 atom stereocenters. The number of aromatic hydroxyl groups is 2. The first-order valence-corrected chi connectivity index (χ1v) is 7.18. The van der Waals surface area contributed by atoms with Crippen LogP contribution in [-0.4, -0.2) is 17.3 Å². The Bertz CT molecular complexity index is 828. The molecule has 2 N–H and O–H groups in total. The molecule has 0 fully saturated rings. The van der Waals surface area contributed by atoms with Crippen molar-refractivity contribution in [1.29, 1.82) is 0 Å². The zero-order valence-corrected chi connectivity index (χ0v) is 12.9. The fraction of sp³-hybridized carbons (Fsp3) is 0.0588. The topological polar surface area (TPSA) is 49.7 Å². The lowest BCUT2D eigenvalue weighted by molar-refractivity contribution is 0.412. The summed E-state index contributed by atoms with van der Waals surface area (Å²) in [5.74, 6) is 0.839. The van der Waals surface area contributed by atoms with Crippen molar-refractivity contribution >= 4 is 26.7 Å². The maximum Gasteiger partial charge on any atom is 0.124 e. The molecule has 3 aromatic rings. The van der Waals surface area contributed by atoms with Gasteiger partial charge in [0, 0.05) is 15.6 Å². The molecule has 4 heteroatoms. The molecule has 0 aliphatic carbocycles. The zero-order chi connectivity index (χ0) is 15.0. The van der Waals surface area contributed by atoms with Gasteiger partial charge >= 0.3 is 0 Å². The van der Waals surface area contributed by atoms with Gasteiger partial charge in [-0.05, 0) is 47.2 Å². The van der Waals surface area contributed by atoms with E-state index in [1.54, 1.807) is 31.4 Å². The minimum atomic E-state index is 0.0986. The van der Waals surface area contributed by atoms with Gasteiger partial charge in [0.05, 0.1) is 7.11 Å². The van der Waals surface area contributed by atoms with Gasteiger partial charge < -0.3 is 14.9 Å². The molecule has 0 saturated carbocycles. The second kappa shape index (κ2) is 5.30. The van der Waals surface area contributed by atoms with E-state index in [2.05, 4.69) is 15.9 Å². The summed E-state index contributed by atoms with van der Waals surface area (Å²) in [6.45, 7) is 0. The molecule has 0 aliphatic rings. The highest BCUT2D eigenvalue weighted by molar-refractivity contribution is 9.10. The summed E-state index contributed by atoms with van der Waals surface area (Å²) in [6.07, 6.45) is 0. The maximum atomic E-state index is 10.3. The van der Waals surface area contributed by atoms with Gasteiger partial charge in [0.1, 0.15) is 17.2 Å². The summed E-state index contributed by atoms with van der Waals surface area (Å²) in [7, 11) is 1.57. The van der Waals surface area contributed by atoms with Crippen LogP contribution in [0.3, 0.4) is 0 Å². The Morgan fingerprint density at radius 1 is 0.905 bits per heavy atom. The van der Waals surface area contributed by atoms with E-state index in [0.717, 1.165) is 15.2 Å². The zero-order valence-electron chi connectivity index (χ0n) is 11.3. The molecule has 0 aliphatic heterocycles. The van der Waals surface area contributed by atoms with E-state index in [9.17, 15) is 10.2 Å². The predicted molar refractivity (Wildman–Crippen MR) is 87.0 cm³/mol. The van der Waals surface area contributed by atoms with Gasteiger partial charge in [0.15, 0.2) is 0 Å². The third-order valence-corrected chi connectivity index (χ3v) is 3.93. The number of phenolic OH excluding ortho intramolecular Hbond substituents is 2. The Morgan fingerprint density at radius 3 is 2.43 bits per heavy atom. The number of phenols is 2. The normalized spacial score (nSPS) is 10.8. The van der Waals surface area contributed by atoms with Crippen molar-refractivity contribution in [2.45, 2.75) is 0 Å². The third kappa shape index (κ3) is 2.43. The molecule has 0 radical (unpaired) electrons. The largest absolute Gasteiger partial charge is 0.507 e. The Balaban J connectivity index is 2.36. The first-order chi connectivity index (χ1) is 10.1. The lowest BCUT2D eigenvalue weighted by atomic mass is 9.96. The smallest absolute Gasteiger partial charge is 0.124 e. The Morgan fingerprint density at radius 2 is 1.67 bits per heavy atom. The van der Waals surface area contributed by atoms with E-state index in [0.29, 0.717) is 16.9 Å². The number of hydrogen-bond donors (Lipinski definition) is 2. The number of ether oxygens (including phenoxy) is 1. The van der Waals surface area contributed by atoms with Gasteiger partial charge in [-0.3, -0.25) is 0 Å². The molecule has 0 amide bonds. The fourth-order valence-corrected chi connectivity index (χ4v) is 2.79. The van der Waals surface area contributed by atoms with E-state index in [1.165, 1.54) is 0 Å². The summed E-state index contributed by atoms with van der Waals surface area (Å²) in [4.78, 5) is 0. The van der Waals surface area contributed by atoms with Gasteiger partial charge in [-0.15, -0.1) is 0 Å². The molecule has 0 spiro atoms. The van der Waals surface area contributed by atoms with Crippen molar-refractivity contribution in [2.24, 2.45) is 0 Å². The number of halogens is 1. The van der Waals surface area contributed by atoms with E-state index >= 15 is 0 Å². The van der Waals surface area contributed by atoms with Crippen LogP contribution in [0.15, 0.2) is 53.0 Å². The number of methoxy groups -OCH3 is 1. The van der Waals surface area contributed by atoms with Crippen molar-refractivity contribution in [2.75, 3.05) is 7.11 Å². The Kier molecular flexibility index (Phi) is 3.47. The van der Waals surface area contributed by atoms with Gasteiger partial charge in [-0.1, -0.05) is 28.1 Å². The van der Waals surface area contributed by atoms with Gasteiger partial charge in [-0.25, -0.2) is 0 Å². The Labute approximate surface area is 130 Å². The van der Waals surface area contributed by atoms with Crippen molar-refractivity contribution in [3.63, 3.8) is 0 Å². The Hall–Kier alpha value is -2.20. The SMILES string of the molecule is COc1ccc(O)c(-c2c(O)ccc3cc(Br)ccc23)c1. The average molecular weight is 345 g/mol. The first kappa shape index (κ1) is 13.8. The van der Waals surface area contributed by atoms with Crippen LogP contribution in [0.1, 0.15) is 0 Å². The van der Waals surface area contributed by atoms with Crippen molar-refractivity contribution < 1.29 is 14.9 Å². The van der Waals surface area contributed by atoms with Gasteiger partial charge in [0.2, 0.25) is 0 Å². The molecule has 3 rings (SSSR count). The highest BCUT2D eigenvalue weighted by atomic mass is 79.9. The summed E-state index contributed by atoms with van der Waals surface area (Å²) in [5.41, 5.74) is 1.14. The predicted octanol–water partition coefficient (Wildman–Crippen LogP) is 4.69. The maximum absolute atomic E-state index is 10.3. The average Bonchev–Trinajstić information content (AvgIpc) is 2.48. The molecule has 0 bridgehead atoms. The highest BCUT2D eigenvalue weighted by Crippen LogP contribution is 2.42. The second-order valence-corrected chi connectivity index (χ2v) is 5.62. The lowest BCUT2D eigenvalue weighted by Gasteiger charge is -2.12. The van der Waals surface area contributed by atoms with Crippen LogP contribution < -0.4 is 4.74 Å². The van der Waals surface area contributed by atoms with E-state index < -0.39 is 0 Å². The third-order valence-electron chi connectivity index (χ3n) is 3.43. The molecule has 0 heterocycles. The molecule has 0 saturated heterocycles. The second-order valence-electron chi connectivity index (χ2n) is 4.71. The molecule has 0 aromatic heterocycles. The van der Waals surface area contributed by atoms with Crippen LogP contribution in [0.4, 0.5) is 0 Å². The monoisotopic (exact) mass is 344 g/mol. The number of hydrogen-bond acceptors (Lipinski definition) is 3. The van der Waals surface area contributed by atoms with E-state index in [-0.39, 0.29) is 11.5 Å². The lowest BCUT2D eigenvalue weighted by Crippen LogP contribution is -1.87. The van der Waals surface area contributed by atoms with Crippen LogP contribution in [0.5, 0.6) is 17.2 Å². The summed E-state index contributed by atoms with van der Waals surface area (Å²) in [6, 6.07) is 14.2. The number of benzene rings is 3. The molecule has 106 valence electrons. The van der Waals surface area contributed by atoms with E-state index in [1.807, 2.05) is 24.3 Å². The van der Waals surface area contributed by atoms with Crippen LogP contribution >= 0.6 is 15.9 Å². The summed E-state index contributed by atoms with van der Waals surface area (Å²) in [5, 5.41) is 22.2. The molecular weight excluding hydrogens is 332 g/mol.